The number of aromatic amines is 1. The van der Waals surface area contributed by atoms with Gasteiger partial charge in [-0.2, -0.15) is 0 Å². The Labute approximate surface area is 208 Å². The van der Waals surface area contributed by atoms with Crippen molar-refractivity contribution in [3.63, 3.8) is 0 Å². The lowest BCUT2D eigenvalue weighted by Gasteiger charge is -2.30. The predicted molar refractivity (Wildman–Crippen MR) is 134 cm³/mol. The first-order valence-electron chi connectivity index (χ1n) is 12.3. The summed E-state index contributed by atoms with van der Waals surface area (Å²) < 4.78 is 27.6. The van der Waals surface area contributed by atoms with Crippen molar-refractivity contribution in [2.24, 2.45) is 0 Å². The van der Waals surface area contributed by atoms with Crippen molar-refractivity contribution in [1.29, 1.82) is 0 Å². The van der Waals surface area contributed by atoms with E-state index in [1.165, 1.54) is 47.0 Å². The predicted octanol–water partition coefficient (Wildman–Crippen LogP) is 3.58. The molecule has 2 aromatic carbocycles. The quantitative estimate of drug-likeness (QED) is 0.365. The van der Waals surface area contributed by atoms with Crippen LogP contribution in [0, 0.1) is 11.6 Å². The number of hydrogen-bond acceptors (Lipinski definition) is 4. The van der Waals surface area contributed by atoms with Crippen LogP contribution in [0.2, 0.25) is 0 Å². The van der Waals surface area contributed by atoms with Gasteiger partial charge in [-0.1, -0.05) is 31.2 Å². The lowest BCUT2D eigenvalue weighted by atomic mass is 9.86. The molecule has 8 heteroatoms. The number of carbonyl (C=O) groups excluding carboxylic acids is 1. The molecule has 1 amide bonds. The van der Waals surface area contributed by atoms with E-state index in [0.29, 0.717) is 5.56 Å². The van der Waals surface area contributed by atoms with Crippen molar-refractivity contribution in [2.45, 2.75) is 57.2 Å². The molecule has 1 aromatic heterocycles. The number of amides is 1. The third kappa shape index (κ3) is 6.44. The number of rotatable bonds is 9. The summed E-state index contributed by atoms with van der Waals surface area (Å²) in [5.74, 6) is -2.06. The second-order valence-corrected chi connectivity index (χ2v) is 9.30. The minimum Gasteiger partial charge on any atom is -0.390 e. The molecule has 1 aliphatic rings. The summed E-state index contributed by atoms with van der Waals surface area (Å²) in [7, 11) is 0. The molecule has 4 N–H and O–H groups in total. The smallest absolute Gasteiger partial charge is 0.268 e. The van der Waals surface area contributed by atoms with Crippen molar-refractivity contribution in [3.8, 4) is 0 Å². The van der Waals surface area contributed by atoms with Gasteiger partial charge in [0.15, 0.2) is 0 Å². The lowest BCUT2D eigenvalue weighted by Crippen LogP contribution is -2.49. The van der Waals surface area contributed by atoms with Crippen molar-refractivity contribution in [3.05, 3.63) is 105 Å². The molecular weight excluding hydrogens is 464 g/mol. The van der Waals surface area contributed by atoms with Crippen molar-refractivity contribution in [1.82, 2.24) is 15.6 Å². The number of aromatic nitrogens is 1. The molecule has 4 rings (SSSR count). The third-order valence-corrected chi connectivity index (χ3v) is 6.68. The summed E-state index contributed by atoms with van der Waals surface area (Å²) in [6.07, 6.45) is 2.83. The van der Waals surface area contributed by atoms with Crippen LogP contribution in [0.1, 0.15) is 58.5 Å². The molecule has 0 bridgehead atoms. The highest BCUT2D eigenvalue weighted by Gasteiger charge is 2.26. The van der Waals surface area contributed by atoms with E-state index in [0.717, 1.165) is 31.7 Å². The Bertz CT molecular complexity index is 1260. The van der Waals surface area contributed by atoms with E-state index in [1.54, 1.807) is 0 Å². The maximum atomic E-state index is 13.8. The summed E-state index contributed by atoms with van der Waals surface area (Å²) in [5.41, 5.74) is 3.66. The topological polar surface area (TPSA) is 94.2 Å². The Morgan fingerprint density at radius 3 is 2.61 bits per heavy atom. The van der Waals surface area contributed by atoms with Crippen LogP contribution in [0.5, 0.6) is 0 Å². The largest absolute Gasteiger partial charge is 0.390 e. The van der Waals surface area contributed by atoms with E-state index in [4.69, 9.17) is 0 Å². The molecule has 0 saturated carbocycles. The minimum absolute atomic E-state index is 0.00156. The van der Waals surface area contributed by atoms with Crippen LogP contribution in [-0.2, 0) is 19.3 Å². The second kappa shape index (κ2) is 11.6. The number of halogens is 2. The summed E-state index contributed by atoms with van der Waals surface area (Å²) in [5, 5.41) is 17.3. The highest BCUT2D eigenvalue weighted by atomic mass is 19.1. The average Bonchev–Trinajstić information content (AvgIpc) is 2.85. The summed E-state index contributed by atoms with van der Waals surface area (Å²) in [4.78, 5) is 26.9. The molecule has 0 aliphatic heterocycles. The van der Waals surface area contributed by atoms with Crippen LogP contribution >= 0.6 is 0 Å². The molecule has 0 unspecified atom stereocenters. The summed E-state index contributed by atoms with van der Waals surface area (Å²) >= 11 is 0. The Morgan fingerprint density at radius 1 is 1.11 bits per heavy atom. The minimum atomic E-state index is -1.06. The Morgan fingerprint density at radius 2 is 1.89 bits per heavy atom. The number of benzene rings is 2. The Balaban J connectivity index is 1.51. The van der Waals surface area contributed by atoms with Crippen LogP contribution in [0.15, 0.2) is 59.4 Å². The van der Waals surface area contributed by atoms with Gasteiger partial charge in [-0.25, -0.2) is 8.78 Å². The van der Waals surface area contributed by atoms with Crippen molar-refractivity contribution >= 4 is 5.91 Å². The Kier molecular flexibility index (Phi) is 8.28. The molecule has 1 heterocycles. The van der Waals surface area contributed by atoms with E-state index in [2.05, 4.69) is 40.7 Å². The zero-order chi connectivity index (χ0) is 25.7. The van der Waals surface area contributed by atoms with Crippen LogP contribution in [0.3, 0.4) is 0 Å². The second-order valence-electron chi connectivity index (χ2n) is 9.30. The van der Waals surface area contributed by atoms with Crippen LogP contribution in [0.4, 0.5) is 8.78 Å². The first-order valence-corrected chi connectivity index (χ1v) is 12.3. The van der Waals surface area contributed by atoms with Gasteiger partial charge in [-0.3, -0.25) is 9.59 Å². The highest BCUT2D eigenvalue weighted by Crippen LogP contribution is 2.30. The van der Waals surface area contributed by atoms with Gasteiger partial charge in [0.05, 0.1) is 12.1 Å². The van der Waals surface area contributed by atoms with Gasteiger partial charge in [-0.15, -0.1) is 0 Å². The van der Waals surface area contributed by atoms with Crippen molar-refractivity contribution < 1.29 is 18.7 Å². The molecule has 0 fully saturated rings. The molecule has 3 atom stereocenters. The van der Waals surface area contributed by atoms with E-state index in [1.807, 2.05) is 0 Å². The van der Waals surface area contributed by atoms with Gasteiger partial charge in [0, 0.05) is 24.7 Å². The highest BCUT2D eigenvalue weighted by molar-refractivity contribution is 5.92. The fourth-order valence-corrected chi connectivity index (χ4v) is 4.78. The first-order chi connectivity index (χ1) is 17.3. The molecule has 0 radical (unpaired) electrons. The number of pyridine rings is 1. The average molecular weight is 496 g/mol. The maximum absolute atomic E-state index is 13.8. The van der Waals surface area contributed by atoms with E-state index in [9.17, 15) is 23.5 Å². The molecular formula is C28H31F2N3O3. The molecule has 1 aliphatic carbocycles. The van der Waals surface area contributed by atoms with Crippen LogP contribution in [0.25, 0.3) is 0 Å². The fraction of sp³-hybridized carbons (Fsp3) is 0.357. The van der Waals surface area contributed by atoms with Gasteiger partial charge in [0.25, 0.3) is 5.91 Å². The first kappa shape index (κ1) is 25.7. The van der Waals surface area contributed by atoms with Gasteiger partial charge >= 0.3 is 0 Å². The Hall–Kier alpha value is -3.36. The lowest BCUT2D eigenvalue weighted by molar-refractivity contribution is 0.0818. The molecule has 0 spiro atoms. The molecule has 3 aromatic rings. The van der Waals surface area contributed by atoms with E-state index in [-0.39, 0.29) is 24.7 Å². The number of nitrogens with one attached hydrogen (secondary N) is 3. The van der Waals surface area contributed by atoms with Crippen LogP contribution < -0.4 is 16.2 Å². The fourth-order valence-electron chi connectivity index (χ4n) is 4.78. The van der Waals surface area contributed by atoms with E-state index < -0.39 is 35.2 Å². The van der Waals surface area contributed by atoms with Crippen LogP contribution in [-0.4, -0.2) is 34.7 Å². The number of hydrogen-bond donors (Lipinski definition) is 4. The molecule has 0 saturated heterocycles. The zero-order valence-electron chi connectivity index (χ0n) is 20.2. The van der Waals surface area contributed by atoms with Gasteiger partial charge in [-0.05, 0) is 72.6 Å². The van der Waals surface area contributed by atoms with Gasteiger partial charge in [0.1, 0.15) is 17.3 Å². The number of aliphatic hydroxyl groups excluding tert-OH is 1. The number of aliphatic hydroxyl groups is 1. The number of fused-ring (bicyclic) bond motifs is 1. The zero-order valence-corrected chi connectivity index (χ0v) is 20.2. The monoisotopic (exact) mass is 495 g/mol. The van der Waals surface area contributed by atoms with Crippen molar-refractivity contribution in [2.75, 3.05) is 6.54 Å². The molecule has 6 nitrogen and oxygen atoms in total. The van der Waals surface area contributed by atoms with E-state index >= 15 is 0 Å². The standard InChI is InChI=1S/C28H31F2N3O3/c1-2-17-9-10-19-5-3-6-23(22(19)13-17)31-16-26(34)25(14-18-11-20(29)15-21(30)12-18)33-28(36)24-7-4-8-27(35)32-24/h4,7-13,15,23,25-26,31,34H,2-3,5-6,14,16H2,1H3,(H,32,35)(H,33,36)/t23-,25-,26-/m0/s1. The summed E-state index contributed by atoms with van der Waals surface area (Å²) in [6.45, 7) is 2.27. The maximum Gasteiger partial charge on any atom is 0.268 e. The normalized spacial score (nSPS) is 16.7. The van der Waals surface area contributed by atoms with Gasteiger partial charge in [0.2, 0.25) is 5.56 Å². The van der Waals surface area contributed by atoms with Gasteiger partial charge < -0.3 is 20.7 Å². The SMILES string of the molecule is CCc1ccc2c(c1)[C@@H](NC[C@H](O)[C@H](Cc1cc(F)cc(F)c1)NC(=O)c1cccc(=O)[nH]1)CCC2. The number of H-pyrrole nitrogens is 1. The third-order valence-electron chi connectivity index (χ3n) is 6.68. The molecule has 36 heavy (non-hydrogen) atoms. The molecule has 190 valence electrons. The number of carbonyl (C=O) groups is 1. The summed E-state index contributed by atoms with van der Waals surface area (Å²) in [6, 6.07) is 13.0. The number of aryl methyl sites for hydroxylation is 2.